The highest BCUT2D eigenvalue weighted by Gasteiger charge is 2.16. The molecule has 1 aliphatic heterocycles. The predicted molar refractivity (Wildman–Crippen MR) is 110 cm³/mol. The number of ether oxygens (including phenoxy) is 1. The predicted octanol–water partition coefficient (Wildman–Crippen LogP) is 4.18. The topological polar surface area (TPSA) is 58.6 Å². The Labute approximate surface area is 163 Å². The fourth-order valence-electron chi connectivity index (χ4n) is 2.94. The highest BCUT2D eigenvalue weighted by atomic mass is 32.1. The fourth-order valence-corrected chi connectivity index (χ4v) is 3.57. The molecule has 1 amide bonds. The van der Waals surface area contributed by atoms with Gasteiger partial charge in [-0.3, -0.25) is 4.79 Å². The quantitative estimate of drug-likeness (QED) is 0.600. The molecule has 5 nitrogen and oxygen atoms in total. The molecule has 1 fully saturated rings. The van der Waals surface area contributed by atoms with Gasteiger partial charge in [0, 0.05) is 30.5 Å². The first-order valence-electron chi connectivity index (χ1n) is 9.12. The molecule has 27 heavy (non-hydrogen) atoms. The van der Waals surface area contributed by atoms with Gasteiger partial charge in [-0.15, -0.1) is 0 Å². The van der Waals surface area contributed by atoms with Crippen LogP contribution in [0.4, 0.5) is 11.4 Å². The molecule has 0 spiro atoms. The second kappa shape index (κ2) is 9.37. The third-order valence-electron chi connectivity index (χ3n) is 4.60. The van der Waals surface area contributed by atoms with E-state index in [2.05, 4.69) is 17.1 Å². The minimum absolute atomic E-state index is 0.307. The van der Waals surface area contributed by atoms with Gasteiger partial charge in [0.15, 0.2) is 6.61 Å². The lowest BCUT2D eigenvalue weighted by Crippen LogP contribution is -2.32. The Balaban J connectivity index is 1.43. The summed E-state index contributed by atoms with van der Waals surface area (Å²) in [6.07, 6.45) is 5.41. The lowest BCUT2D eigenvalue weighted by atomic mass is 9.99. The first-order valence-corrected chi connectivity index (χ1v) is 10.1. The molecule has 0 atom stereocenters. The summed E-state index contributed by atoms with van der Waals surface area (Å²) in [5, 5.41) is 6.59. The molecule has 0 bridgehead atoms. The number of anilines is 2. The Kier molecular flexibility index (Phi) is 6.65. The van der Waals surface area contributed by atoms with Crippen molar-refractivity contribution in [3.05, 3.63) is 52.7 Å². The van der Waals surface area contributed by atoms with Crippen molar-refractivity contribution in [3.8, 4) is 0 Å². The first kappa shape index (κ1) is 19.2. The molecule has 0 unspecified atom stereocenters. The van der Waals surface area contributed by atoms with Gasteiger partial charge in [-0.2, -0.15) is 11.3 Å². The number of carbonyl (C=O) groups excluding carboxylic acids is 2. The van der Waals surface area contributed by atoms with E-state index in [1.165, 1.54) is 24.6 Å². The van der Waals surface area contributed by atoms with E-state index in [9.17, 15) is 9.59 Å². The number of esters is 1. The largest absolute Gasteiger partial charge is 0.452 e. The summed E-state index contributed by atoms with van der Waals surface area (Å²) in [6.45, 7) is 4.13. The van der Waals surface area contributed by atoms with Gasteiger partial charge >= 0.3 is 5.97 Å². The standard InChI is InChI=1S/C21H24N2O3S/c1-16-8-11-23(12-9-16)19-5-3-18(4-6-19)22-20(24)14-26-21(25)7-2-17-10-13-27-15-17/h2-7,10,13,15-16H,8-9,11-12,14H2,1H3,(H,22,24)/b7-2+. The second-order valence-corrected chi connectivity index (χ2v) is 7.54. The van der Waals surface area contributed by atoms with E-state index in [0.717, 1.165) is 24.6 Å². The minimum Gasteiger partial charge on any atom is -0.452 e. The molecule has 1 aromatic carbocycles. The molecule has 142 valence electrons. The molecule has 3 rings (SSSR count). The number of piperidine rings is 1. The lowest BCUT2D eigenvalue weighted by Gasteiger charge is -2.32. The van der Waals surface area contributed by atoms with E-state index < -0.39 is 5.97 Å². The van der Waals surface area contributed by atoms with Crippen LogP contribution in [0.25, 0.3) is 6.08 Å². The van der Waals surface area contributed by atoms with Crippen molar-refractivity contribution in [2.24, 2.45) is 5.92 Å². The number of hydrogen-bond donors (Lipinski definition) is 1. The smallest absolute Gasteiger partial charge is 0.331 e. The average Bonchev–Trinajstić information content (AvgIpc) is 3.20. The van der Waals surface area contributed by atoms with E-state index in [1.807, 2.05) is 41.1 Å². The number of thiophene rings is 1. The van der Waals surface area contributed by atoms with Crippen LogP contribution < -0.4 is 10.2 Å². The summed E-state index contributed by atoms with van der Waals surface area (Å²) >= 11 is 1.55. The zero-order valence-electron chi connectivity index (χ0n) is 15.4. The van der Waals surface area contributed by atoms with Crippen LogP contribution in [0.3, 0.4) is 0 Å². The molecule has 6 heteroatoms. The molecule has 0 saturated carbocycles. The molecule has 2 heterocycles. The van der Waals surface area contributed by atoms with Crippen LogP contribution in [0.15, 0.2) is 47.2 Å². The minimum atomic E-state index is -0.536. The molecular formula is C21H24N2O3S. The van der Waals surface area contributed by atoms with E-state index in [4.69, 9.17) is 4.74 Å². The molecule has 1 aromatic heterocycles. The van der Waals surface area contributed by atoms with E-state index in [0.29, 0.717) is 5.69 Å². The number of rotatable bonds is 6. The Hall–Kier alpha value is -2.60. The van der Waals surface area contributed by atoms with Crippen molar-refractivity contribution in [2.45, 2.75) is 19.8 Å². The van der Waals surface area contributed by atoms with Gasteiger partial charge in [0.25, 0.3) is 5.91 Å². The fraction of sp³-hybridized carbons (Fsp3) is 0.333. The maximum absolute atomic E-state index is 12.0. The van der Waals surface area contributed by atoms with E-state index in [1.54, 1.807) is 17.4 Å². The highest BCUT2D eigenvalue weighted by molar-refractivity contribution is 7.08. The van der Waals surface area contributed by atoms with Crippen LogP contribution >= 0.6 is 11.3 Å². The van der Waals surface area contributed by atoms with Crippen LogP contribution in [-0.2, 0) is 14.3 Å². The van der Waals surface area contributed by atoms with Crippen molar-refractivity contribution < 1.29 is 14.3 Å². The number of benzene rings is 1. The zero-order valence-corrected chi connectivity index (χ0v) is 16.2. The third-order valence-corrected chi connectivity index (χ3v) is 5.30. The van der Waals surface area contributed by atoms with Gasteiger partial charge in [0.05, 0.1) is 0 Å². The Morgan fingerprint density at radius 1 is 1.22 bits per heavy atom. The first-order chi connectivity index (χ1) is 13.1. The maximum Gasteiger partial charge on any atom is 0.331 e. The third kappa shape index (κ3) is 5.96. The molecule has 1 N–H and O–H groups in total. The van der Waals surface area contributed by atoms with Crippen molar-refractivity contribution in [3.63, 3.8) is 0 Å². The summed E-state index contributed by atoms with van der Waals surface area (Å²) in [6, 6.07) is 9.69. The Morgan fingerprint density at radius 3 is 2.63 bits per heavy atom. The lowest BCUT2D eigenvalue weighted by molar-refractivity contribution is -0.142. The maximum atomic E-state index is 12.0. The molecule has 0 aliphatic carbocycles. The van der Waals surface area contributed by atoms with Crippen LogP contribution in [-0.4, -0.2) is 31.6 Å². The number of nitrogens with one attached hydrogen (secondary N) is 1. The van der Waals surface area contributed by atoms with Gasteiger partial charge in [-0.25, -0.2) is 4.79 Å². The number of nitrogens with zero attached hydrogens (tertiary/aromatic N) is 1. The summed E-state index contributed by atoms with van der Waals surface area (Å²) in [4.78, 5) is 26.0. The van der Waals surface area contributed by atoms with Crippen LogP contribution in [0.5, 0.6) is 0 Å². The summed E-state index contributed by atoms with van der Waals surface area (Å²) < 4.78 is 4.96. The molecule has 2 aromatic rings. The van der Waals surface area contributed by atoms with Crippen LogP contribution in [0.2, 0.25) is 0 Å². The second-order valence-electron chi connectivity index (χ2n) is 6.76. The van der Waals surface area contributed by atoms with Crippen molar-refractivity contribution in [1.82, 2.24) is 0 Å². The van der Waals surface area contributed by atoms with Gasteiger partial charge < -0.3 is 15.0 Å². The number of hydrogen-bond acceptors (Lipinski definition) is 5. The van der Waals surface area contributed by atoms with Crippen molar-refractivity contribution in [1.29, 1.82) is 0 Å². The van der Waals surface area contributed by atoms with E-state index in [-0.39, 0.29) is 12.5 Å². The van der Waals surface area contributed by atoms with E-state index >= 15 is 0 Å². The van der Waals surface area contributed by atoms with Gasteiger partial charge in [-0.05, 0) is 71.5 Å². The Bertz CT molecular complexity index is 776. The highest BCUT2D eigenvalue weighted by Crippen LogP contribution is 2.24. The van der Waals surface area contributed by atoms with Crippen molar-refractivity contribution >= 4 is 40.7 Å². The summed E-state index contributed by atoms with van der Waals surface area (Å²) in [7, 11) is 0. The molecule has 1 saturated heterocycles. The van der Waals surface area contributed by atoms with Gasteiger partial charge in [0.2, 0.25) is 0 Å². The normalized spacial score (nSPS) is 15.1. The summed E-state index contributed by atoms with van der Waals surface area (Å²) in [5.74, 6) is -0.0968. The molecular weight excluding hydrogens is 360 g/mol. The van der Waals surface area contributed by atoms with Crippen LogP contribution in [0, 0.1) is 5.92 Å². The molecule has 0 radical (unpaired) electrons. The Morgan fingerprint density at radius 2 is 1.96 bits per heavy atom. The molecule has 1 aliphatic rings. The zero-order chi connectivity index (χ0) is 19.1. The van der Waals surface area contributed by atoms with Crippen molar-refractivity contribution in [2.75, 3.05) is 29.9 Å². The number of carbonyl (C=O) groups is 2. The number of amides is 1. The summed E-state index contributed by atoms with van der Waals surface area (Å²) in [5.41, 5.74) is 2.80. The average molecular weight is 385 g/mol. The monoisotopic (exact) mass is 384 g/mol. The van der Waals surface area contributed by atoms with Crippen LogP contribution in [0.1, 0.15) is 25.3 Å². The van der Waals surface area contributed by atoms with Gasteiger partial charge in [0.1, 0.15) is 0 Å². The van der Waals surface area contributed by atoms with Gasteiger partial charge in [-0.1, -0.05) is 6.92 Å². The SMILES string of the molecule is CC1CCN(c2ccc(NC(=O)COC(=O)/C=C/c3ccsc3)cc2)CC1.